The molecule has 2 N–H and O–H groups in total. The van der Waals surface area contributed by atoms with Gasteiger partial charge in [-0.05, 0) is 56.7 Å². The molecule has 2 heteroatoms. The van der Waals surface area contributed by atoms with Gasteiger partial charge in [0.1, 0.15) is 0 Å². The molecule has 0 aromatic heterocycles. The van der Waals surface area contributed by atoms with Crippen LogP contribution in [-0.4, -0.2) is 31.1 Å². The standard InChI is InChI=1S/C13H28N2/c1-12-5-10-15(11-12)9-4-6-13(2,3)7-8-14/h12H,4-11,14H2,1-3H3. The monoisotopic (exact) mass is 212 g/mol. The number of likely N-dealkylation sites (tertiary alicyclic amines) is 1. The van der Waals surface area contributed by atoms with Crippen LogP contribution in [0.15, 0.2) is 0 Å². The van der Waals surface area contributed by atoms with Crippen LogP contribution in [-0.2, 0) is 0 Å². The second-order valence-corrected chi connectivity index (χ2v) is 6.00. The zero-order valence-electron chi connectivity index (χ0n) is 10.8. The third-order valence-electron chi connectivity index (χ3n) is 3.66. The Hall–Kier alpha value is -0.0800. The summed E-state index contributed by atoms with van der Waals surface area (Å²) in [7, 11) is 0. The van der Waals surface area contributed by atoms with Crippen LogP contribution in [0.2, 0.25) is 0 Å². The summed E-state index contributed by atoms with van der Waals surface area (Å²) in [5, 5.41) is 0. The van der Waals surface area contributed by atoms with Gasteiger partial charge in [0.05, 0.1) is 0 Å². The lowest BCUT2D eigenvalue weighted by atomic mass is 9.84. The molecule has 1 aliphatic rings. The molecule has 2 nitrogen and oxygen atoms in total. The second-order valence-electron chi connectivity index (χ2n) is 6.00. The highest BCUT2D eigenvalue weighted by Gasteiger charge is 2.20. The molecule has 0 bridgehead atoms. The molecule has 90 valence electrons. The highest BCUT2D eigenvalue weighted by atomic mass is 15.1. The molecule has 1 fully saturated rings. The van der Waals surface area contributed by atoms with E-state index in [2.05, 4.69) is 25.7 Å². The lowest BCUT2D eigenvalue weighted by molar-refractivity contribution is 0.260. The van der Waals surface area contributed by atoms with Gasteiger partial charge in [-0.2, -0.15) is 0 Å². The first-order valence-electron chi connectivity index (χ1n) is 6.46. The number of hydrogen-bond donors (Lipinski definition) is 1. The van der Waals surface area contributed by atoms with E-state index in [0.717, 1.165) is 18.9 Å². The van der Waals surface area contributed by atoms with Crippen molar-refractivity contribution in [2.45, 2.75) is 46.5 Å². The van der Waals surface area contributed by atoms with Crippen molar-refractivity contribution in [3.63, 3.8) is 0 Å². The summed E-state index contributed by atoms with van der Waals surface area (Å²) in [6.07, 6.45) is 5.20. The van der Waals surface area contributed by atoms with E-state index in [4.69, 9.17) is 5.73 Å². The van der Waals surface area contributed by atoms with E-state index < -0.39 is 0 Å². The number of hydrogen-bond acceptors (Lipinski definition) is 2. The molecule has 0 amide bonds. The largest absolute Gasteiger partial charge is 0.330 e. The third kappa shape index (κ3) is 4.98. The summed E-state index contributed by atoms with van der Waals surface area (Å²) in [6.45, 7) is 11.8. The maximum absolute atomic E-state index is 5.62. The lowest BCUT2D eigenvalue weighted by Gasteiger charge is -2.25. The second kappa shape index (κ2) is 5.86. The Labute approximate surface area is 95.2 Å². The first kappa shape index (κ1) is 13.0. The Balaban J connectivity index is 2.10. The maximum Gasteiger partial charge on any atom is 0.000750 e. The Morgan fingerprint density at radius 2 is 2.07 bits per heavy atom. The minimum Gasteiger partial charge on any atom is -0.330 e. The van der Waals surface area contributed by atoms with Crippen molar-refractivity contribution in [2.24, 2.45) is 17.1 Å². The molecule has 0 aromatic carbocycles. The topological polar surface area (TPSA) is 29.3 Å². The zero-order valence-corrected chi connectivity index (χ0v) is 10.8. The Bertz CT molecular complexity index is 177. The summed E-state index contributed by atoms with van der Waals surface area (Å²) in [6, 6.07) is 0. The predicted octanol–water partition coefficient (Wildman–Crippen LogP) is 2.48. The van der Waals surface area contributed by atoms with Crippen molar-refractivity contribution in [3.05, 3.63) is 0 Å². The van der Waals surface area contributed by atoms with Crippen molar-refractivity contribution in [1.29, 1.82) is 0 Å². The minimum absolute atomic E-state index is 0.445. The normalized spacial score (nSPS) is 23.6. The fraction of sp³-hybridized carbons (Fsp3) is 1.00. The summed E-state index contributed by atoms with van der Waals surface area (Å²) in [4.78, 5) is 2.61. The van der Waals surface area contributed by atoms with Crippen LogP contribution < -0.4 is 5.73 Å². The SMILES string of the molecule is CC1CCN(CCCC(C)(C)CCN)C1. The van der Waals surface area contributed by atoms with Gasteiger partial charge in [0.2, 0.25) is 0 Å². The number of rotatable bonds is 6. The number of nitrogens with zero attached hydrogens (tertiary/aromatic N) is 1. The fourth-order valence-corrected chi connectivity index (χ4v) is 2.53. The van der Waals surface area contributed by atoms with E-state index in [-0.39, 0.29) is 0 Å². The van der Waals surface area contributed by atoms with Gasteiger partial charge >= 0.3 is 0 Å². The summed E-state index contributed by atoms with van der Waals surface area (Å²) in [5.74, 6) is 0.919. The Morgan fingerprint density at radius 3 is 2.60 bits per heavy atom. The van der Waals surface area contributed by atoms with E-state index in [9.17, 15) is 0 Å². The van der Waals surface area contributed by atoms with Crippen LogP contribution >= 0.6 is 0 Å². The quantitative estimate of drug-likeness (QED) is 0.733. The van der Waals surface area contributed by atoms with Gasteiger partial charge in [-0.25, -0.2) is 0 Å². The van der Waals surface area contributed by atoms with Crippen molar-refractivity contribution in [1.82, 2.24) is 4.90 Å². The van der Waals surface area contributed by atoms with Gasteiger partial charge < -0.3 is 10.6 Å². The van der Waals surface area contributed by atoms with Crippen LogP contribution in [0.1, 0.15) is 46.5 Å². The molecule has 0 aromatic rings. The highest BCUT2D eigenvalue weighted by molar-refractivity contribution is 4.74. The molecule has 1 unspecified atom stereocenters. The van der Waals surface area contributed by atoms with Crippen LogP contribution in [0, 0.1) is 11.3 Å². The summed E-state index contributed by atoms with van der Waals surface area (Å²) in [5.41, 5.74) is 6.06. The third-order valence-corrected chi connectivity index (χ3v) is 3.66. The van der Waals surface area contributed by atoms with Crippen LogP contribution in [0.3, 0.4) is 0 Å². The van der Waals surface area contributed by atoms with Gasteiger partial charge in [0, 0.05) is 6.54 Å². The molecular formula is C13H28N2. The van der Waals surface area contributed by atoms with E-state index in [1.165, 1.54) is 38.9 Å². The highest BCUT2D eigenvalue weighted by Crippen LogP contribution is 2.26. The molecule has 0 saturated carbocycles. The first-order valence-corrected chi connectivity index (χ1v) is 6.46. The Morgan fingerprint density at radius 1 is 1.33 bits per heavy atom. The minimum atomic E-state index is 0.445. The van der Waals surface area contributed by atoms with Crippen molar-refractivity contribution >= 4 is 0 Å². The molecule has 15 heavy (non-hydrogen) atoms. The average Bonchev–Trinajstić information content (AvgIpc) is 2.51. The van der Waals surface area contributed by atoms with Gasteiger partial charge in [-0.1, -0.05) is 20.8 Å². The lowest BCUT2D eigenvalue weighted by Crippen LogP contribution is -2.24. The molecule has 1 heterocycles. The molecule has 1 rings (SSSR count). The van der Waals surface area contributed by atoms with Gasteiger partial charge in [-0.3, -0.25) is 0 Å². The van der Waals surface area contributed by atoms with Crippen molar-refractivity contribution in [3.8, 4) is 0 Å². The van der Waals surface area contributed by atoms with Crippen LogP contribution in [0.25, 0.3) is 0 Å². The Kier molecular flexibility index (Phi) is 5.07. The predicted molar refractivity (Wildman–Crippen MR) is 66.9 cm³/mol. The van der Waals surface area contributed by atoms with Crippen LogP contribution in [0.5, 0.6) is 0 Å². The molecule has 1 atom stereocenters. The smallest absolute Gasteiger partial charge is 0.000750 e. The summed E-state index contributed by atoms with van der Waals surface area (Å²) >= 11 is 0. The van der Waals surface area contributed by atoms with Gasteiger partial charge in [0.25, 0.3) is 0 Å². The molecule has 0 radical (unpaired) electrons. The van der Waals surface area contributed by atoms with Gasteiger partial charge in [-0.15, -0.1) is 0 Å². The van der Waals surface area contributed by atoms with Gasteiger partial charge in [0.15, 0.2) is 0 Å². The van der Waals surface area contributed by atoms with E-state index in [0.29, 0.717) is 5.41 Å². The molecule has 0 aliphatic carbocycles. The zero-order chi connectivity index (χ0) is 11.3. The fourth-order valence-electron chi connectivity index (χ4n) is 2.53. The molecule has 1 saturated heterocycles. The van der Waals surface area contributed by atoms with E-state index >= 15 is 0 Å². The van der Waals surface area contributed by atoms with Crippen molar-refractivity contribution < 1.29 is 0 Å². The van der Waals surface area contributed by atoms with E-state index in [1.54, 1.807) is 0 Å². The summed E-state index contributed by atoms with van der Waals surface area (Å²) < 4.78 is 0. The van der Waals surface area contributed by atoms with Crippen molar-refractivity contribution in [2.75, 3.05) is 26.2 Å². The average molecular weight is 212 g/mol. The first-order chi connectivity index (χ1) is 7.03. The molecule has 0 spiro atoms. The van der Waals surface area contributed by atoms with Crippen LogP contribution in [0.4, 0.5) is 0 Å². The van der Waals surface area contributed by atoms with E-state index in [1.807, 2.05) is 0 Å². The maximum atomic E-state index is 5.62. The number of nitrogens with two attached hydrogens (primary N) is 1. The molecular weight excluding hydrogens is 184 g/mol. The molecule has 1 aliphatic heterocycles.